The molecule has 1 spiro atoms. The normalized spacial score (nSPS) is 21.4. The fourth-order valence-electron chi connectivity index (χ4n) is 3.24. The lowest BCUT2D eigenvalue weighted by Crippen LogP contribution is -2.44. The van der Waals surface area contributed by atoms with Gasteiger partial charge in [0, 0.05) is 19.6 Å². The van der Waals surface area contributed by atoms with Gasteiger partial charge in [-0.25, -0.2) is 4.39 Å². The van der Waals surface area contributed by atoms with Crippen LogP contribution in [-0.4, -0.2) is 37.0 Å². The maximum atomic E-state index is 13.0. The predicted octanol–water partition coefficient (Wildman–Crippen LogP) is 2.69. The van der Waals surface area contributed by atoms with E-state index in [-0.39, 0.29) is 10.9 Å². The van der Waals surface area contributed by atoms with E-state index in [0.717, 1.165) is 39.0 Å². The molecule has 3 rings (SSSR count). The van der Waals surface area contributed by atoms with Gasteiger partial charge in [-0.05, 0) is 49.4 Å². The zero-order chi connectivity index (χ0) is 14.2. The lowest BCUT2D eigenvalue weighted by molar-refractivity contribution is 0.0608. The molecule has 20 heavy (non-hydrogen) atoms. The largest absolute Gasteiger partial charge is 0.339 e. The first-order chi connectivity index (χ1) is 9.60. The SMILES string of the molecule is O=C(c1ccc(F)cc1Cl)N1CCC2(CCNC2)CC1. The summed E-state index contributed by atoms with van der Waals surface area (Å²) in [6, 6.07) is 3.95. The highest BCUT2D eigenvalue weighted by atomic mass is 35.5. The van der Waals surface area contributed by atoms with Crippen LogP contribution in [0.5, 0.6) is 0 Å². The van der Waals surface area contributed by atoms with Crippen molar-refractivity contribution < 1.29 is 9.18 Å². The number of benzene rings is 1. The fraction of sp³-hybridized carbons (Fsp3) is 0.533. The molecule has 1 aromatic rings. The summed E-state index contributed by atoms with van der Waals surface area (Å²) in [5.41, 5.74) is 0.775. The molecule has 0 aliphatic carbocycles. The summed E-state index contributed by atoms with van der Waals surface area (Å²) in [4.78, 5) is 14.3. The fourth-order valence-corrected chi connectivity index (χ4v) is 3.49. The highest BCUT2D eigenvalue weighted by Gasteiger charge is 2.38. The van der Waals surface area contributed by atoms with Crippen LogP contribution < -0.4 is 5.32 Å². The minimum atomic E-state index is -0.416. The molecule has 2 aliphatic heterocycles. The lowest BCUT2D eigenvalue weighted by Gasteiger charge is -2.39. The summed E-state index contributed by atoms with van der Waals surface area (Å²) >= 11 is 5.97. The van der Waals surface area contributed by atoms with E-state index in [2.05, 4.69) is 5.32 Å². The topological polar surface area (TPSA) is 32.3 Å². The Hall–Kier alpha value is -1.13. The van der Waals surface area contributed by atoms with Gasteiger partial charge in [0.1, 0.15) is 5.82 Å². The minimum Gasteiger partial charge on any atom is -0.339 e. The van der Waals surface area contributed by atoms with Gasteiger partial charge in [0.05, 0.1) is 10.6 Å². The summed E-state index contributed by atoms with van der Waals surface area (Å²) in [6.45, 7) is 3.66. The van der Waals surface area contributed by atoms with Gasteiger partial charge in [0.25, 0.3) is 5.91 Å². The van der Waals surface area contributed by atoms with Crippen LogP contribution in [0.1, 0.15) is 29.6 Å². The van der Waals surface area contributed by atoms with E-state index in [9.17, 15) is 9.18 Å². The zero-order valence-corrected chi connectivity index (χ0v) is 12.0. The van der Waals surface area contributed by atoms with Crippen molar-refractivity contribution >= 4 is 17.5 Å². The third-order valence-electron chi connectivity index (χ3n) is 4.60. The van der Waals surface area contributed by atoms with Crippen LogP contribution in [0.4, 0.5) is 4.39 Å². The average molecular weight is 297 g/mol. The predicted molar refractivity (Wildman–Crippen MR) is 76.5 cm³/mol. The number of hydrogen-bond donors (Lipinski definition) is 1. The van der Waals surface area contributed by atoms with E-state index in [0.29, 0.717) is 11.0 Å². The monoisotopic (exact) mass is 296 g/mol. The first-order valence-electron chi connectivity index (χ1n) is 7.05. The van der Waals surface area contributed by atoms with Crippen molar-refractivity contribution in [3.05, 3.63) is 34.6 Å². The van der Waals surface area contributed by atoms with Crippen molar-refractivity contribution in [2.75, 3.05) is 26.2 Å². The Balaban J connectivity index is 1.69. The van der Waals surface area contributed by atoms with Gasteiger partial charge in [0.15, 0.2) is 0 Å². The second-order valence-corrected chi connectivity index (χ2v) is 6.25. The quantitative estimate of drug-likeness (QED) is 0.864. The van der Waals surface area contributed by atoms with E-state index in [4.69, 9.17) is 11.6 Å². The molecule has 2 heterocycles. The van der Waals surface area contributed by atoms with Crippen LogP contribution in [0.25, 0.3) is 0 Å². The summed E-state index contributed by atoms with van der Waals surface area (Å²) in [5.74, 6) is -0.503. The number of nitrogens with one attached hydrogen (secondary N) is 1. The van der Waals surface area contributed by atoms with Crippen molar-refractivity contribution in [1.82, 2.24) is 10.2 Å². The van der Waals surface area contributed by atoms with E-state index in [1.807, 2.05) is 4.90 Å². The molecular formula is C15H18ClFN2O. The highest BCUT2D eigenvalue weighted by Crippen LogP contribution is 2.37. The molecule has 1 aromatic carbocycles. The van der Waals surface area contributed by atoms with Crippen LogP contribution >= 0.6 is 11.6 Å². The summed E-state index contributed by atoms with van der Waals surface area (Å²) in [5, 5.41) is 3.60. The Kier molecular flexibility index (Phi) is 3.69. The van der Waals surface area contributed by atoms with Gasteiger partial charge in [-0.1, -0.05) is 11.6 Å². The Labute approximate surface area is 123 Å². The number of carbonyl (C=O) groups excluding carboxylic acids is 1. The van der Waals surface area contributed by atoms with E-state index >= 15 is 0 Å². The van der Waals surface area contributed by atoms with Gasteiger partial charge >= 0.3 is 0 Å². The maximum Gasteiger partial charge on any atom is 0.255 e. The minimum absolute atomic E-state index is 0.0872. The van der Waals surface area contributed by atoms with Crippen molar-refractivity contribution in [1.29, 1.82) is 0 Å². The van der Waals surface area contributed by atoms with E-state index < -0.39 is 5.82 Å². The molecular weight excluding hydrogens is 279 g/mol. The maximum absolute atomic E-state index is 13.0. The molecule has 2 saturated heterocycles. The summed E-state index contributed by atoms with van der Waals surface area (Å²) in [6.07, 6.45) is 3.27. The van der Waals surface area contributed by atoms with Crippen molar-refractivity contribution in [3.63, 3.8) is 0 Å². The number of hydrogen-bond acceptors (Lipinski definition) is 2. The van der Waals surface area contributed by atoms with Gasteiger partial charge in [-0.15, -0.1) is 0 Å². The van der Waals surface area contributed by atoms with Crippen LogP contribution in [0.15, 0.2) is 18.2 Å². The van der Waals surface area contributed by atoms with E-state index in [1.54, 1.807) is 0 Å². The Bertz CT molecular complexity index is 519. The summed E-state index contributed by atoms with van der Waals surface area (Å²) < 4.78 is 13.0. The number of rotatable bonds is 1. The van der Waals surface area contributed by atoms with Crippen LogP contribution in [0, 0.1) is 11.2 Å². The molecule has 2 fully saturated rings. The van der Waals surface area contributed by atoms with Crippen molar-refractivity contribution in [2.24, 2.45) is 5.41 Å². The number of nitrogens with zero attached hydrogens (tertiary/aromatic N) is 1. The molecule has 0 atom stereocenters. The molecule has 0 aromatic heterocycles. The third-order valence-corrected chi connectivity index (χ3v) is 4.92. The molecule has 0 saturated carbocycles. The van der Waals surface area contributed by atoms with Crippen molar-refractivity contribution in [3.8, 4) is 0 Å². The second-order valence-electron chi connectivity index (χ2n) is 5.84. The molecule has 108 valence electrons. The highest BCUT2D eigenvalue weighted by molar-refractivity contribution is 6.33. The number of piperidine rings is 1. The number of amides is 1. The lowest BCUT2D eigenvalue weighted by atomic mass is 9.78. The van der Waals surface area contributed by atoms with E-state index in [1.165, 1.54) is 24.6 Å². The molecule has 0 radical (unpaired) electrons. The number of likely N-dealkylation sites (tertiary alicyclic amines) is 1. The molecule has 5 heteroatoms. The van der Waals surface area contributed by atoms with Gasteiger partial charge in [0.2, 0.25) is 0 Å². The Morgan fingerprint density at radius 2 is 2.05 bits per heavy atom. The molecule has 3 nitrogen and oxygen atoms in total. The van der Waals surface area contributed by atoms with Gasteiger partial charge in [-0.2, -0.15) is 0 Å². The first-order valence-corrected chi connectivity index (χ1v) is 7.43. The molecule has 0 bridgehead atoms. The number of carbonyl (C=O) groups is 1. The standard InChI is InChI=1S/C15H18ClFN2O/c16-13-9-11(17)1-2-12(13)14(20)19-7-4-15(5-8-19)3-6-18-10-15/h1-2,9,18H,3-8,10H2. The molecule has 0 unspecified atom stereocenters. The number of halogens is 2. The Morgan fingerprint density at radius 1 is 1.30 bits per heavy atom. The molecule has 1 amide bonds. The van der Waals surface area contributed by atoms with Crippen LogP contribution in [-0.2, 0) is 0 Å². The third kappa shape index (κ3) is 2.54. The summed E-state index contributed by atoms with van der Waals surface area (Å²) in [7, 11) is 0. The van der Waals surface area contributed by atoms with Crippen LogP contribution in [0.3, 0.4) is 0 Å². The second kappa shape index (κ2) is 5.34. The molecule has 1 N–H and O–H groups in total. The average Bonchev–Trinajstić information content (AvgIpc) is 2.87. The van der Waals surface area contributed by atoms with Crippen molar-refractivity contribution in [2.45, 2.75) is 19.3 Å². The van der Waals surface area contributed by atoms with Crippen LogP contribution in [0.2, 0.25) is 5.02 Å². The molecule has 2 aliphatic rings. The van der Waals surface area contributed by atoms with Gasteiger partial charge in [-0.3, -0.25) is 4.79 Å². The smallest absolute Gasteiger partial charge is 0.255 e. The Morgan fingerprint density at radius 3 is 2.65 bits per heavy atom. The zero-order valence-electron chi connectivity index (χ0n) is 11.3. The first kappa shape index (κ1) is 13.8. The van der Waals surface area contributed by atoms with Gasteiger partial charge < -0.3 is 10.2 Å².